The van der Waals surface area contributed by atoms with Crippen molar-refractivity contribution < 1.29 is 0 Å². The van der Waals surface area contributed by atoms with Crippen LogP contribution in [0.5, 0.6) is 0 Å². The van der Waals surface area contributed by atoms with Crippen LogP contribution < -0.4 is 5.32 Å². The van der Waals surface area contributed by atoms with Gasteiger partial charge in [0.1, 0.15) is 5.65 Å². The summed E-state index contributed by atoms with van der Waals surface area (Å²) in [4.78, 5) is 13.4. The van der Waals surface area contributed by atoms with Crippen molar-refractivity contribution in [2.24, 2.45) is 0 Å². The van der Waals surface area contributed by atoms with E-state index in [-0.39, 0.29) is 0 Å². The molecule has 0 bridgehead atoms. The van der Waals surface area contributed by atoms with Crippen LogP contribution in [0.25, 0.3) is 27.8 Å². The van der Waals surface area contributed by atoms with E-state index in [1.807, 2.05) is 67.4 Å². The number of hydrogen-bond acceptors (Lipinski definition) is 4. The average molecular weight is 351 g/mol. The molecule has 27 heavy (non-hydrogen) atoms. The van der Waals surface area contributed by atoms with Crippen LogP contribution in [0.15, 0.2) is 85.6 Å². The van der Waals surface area contributed by atoms with E-state index in [9.17, 15) is 0 Å². The molecule has 0 spiro atoms. The Kier molecular flexibility index (Phi) is 3.76. The summed E-state index contributed by atoms with van der Waals surface area (Å²) in [6, 6.07) is 18.4. The largest absolute Gasteiger partial charge is 0.380 e. The Morgan fingerprint density at radius 2 is 1.78 bits per heavy atom. The van der Waals surface area contributed by atoms with E-state index in [0.29, 0.717) is 6.54 Å². The van der Waals surface area contributed by atoms with Gasteiger partial charge in [0.2, 0.25) is 0 Å². The Balaban J connectivity index is 1.40. The maximum absolute atomic E-state index is 4.52. The van der Waals surface area contributed by atoms with Crippen LogP contribution in [0.3, 0.4) is 0 Å². The van der Waals surface area contributed by atoms with Crippen LogP contribution in [0.4, 0.5) is 5.69 Å². The van der Waals surface area contributed by atoms with Gasteiger partial charge >= 0.3 is 0 Å². The van der Waals surface area contributed by atoms with Crippen LogP contribution >= 0.6 is 0 Å². The highest BCUT2D eigenvalue weighted by Gasteiger charge is 2.07. The van der Waals surface area contributed by atoms with Crippen LogP contribution in [-0.2, 0) is 6.54 Å². The number of nitrogens with zero attached hydrogens (tertiary/aromatic N) is 4. The monoisotopic (exact) mass is 351 g/mol. The molecule has 0 saturated heterocycles. The van der Waals surface area contributed by atoms with E-state index in [1.54, 1.807) is 0 Å². The van der Waals surface area contributed by atoms with Gasteiger partial charge in [0, 0.05) is 42.3 Å². The van der Waals surface area contributed by atoms with Crippen molar-refractivity contribution in [3.05, 3.63) is 91.1 Å². The smallest absolute Gasteiger partial charge is 0.137 e. The summed E-state index contributed by atoms with van der Waals surface area (Å²) in [6.45, 7) is 0.691. The van der Waals surface area contributed by atoms with Crippen molar-refractivity contribution in [3.63, 3.8) is 0 Å². The fraction of sp³-hybridized carbons (Fsp3) is 0.0455. The van der Waals surface area contributed by atoms with Gasteiger partial charge in [-0.15, -0.1) is 0 Å². The molecule has 0 unspecified atom stereocenters. The summed E-state index contributed by atoms with van der Waals surface area (Å²) in [5.41, 5.74) is 6.08. The van der Waals surface area contributed by atoms with E-state index in [2.05, 4.69) is 42.9 Å². The van der Waals surface area contributed by atoms with Gasteiger partial charge in [0.05, 0.1) is 23.1 Å². The van der Waals surface area contributed by atoms with Crippen LogP contribution in [0.1, 0.15) is 5.56 Å². The molecule has 5 nitrogen and oxygen atoms in total. The molecule has 130 valence electrons. The second-order valence-corrected chi connectivity index (χ2v) is 6.42. The van der Waals surface area contributed by atoms with Crippen LogP contribution in [0.2, 0.25) is 0 Å². The summed E-state index contributed by atoms with van der Waals surface area (Å²) in [7, 11) is 0. The molecular formula is C22H17N5. The van der Waals surface area contributed by atoms with Crippen LogP contribution in [0, 0.1) is 0 Å². The van der Waals surface area contributed by atoms with E-state index in [1.165, 1.54) is 0 Å². The predicted octanol–water partition coefficient (Wildman–Crippen LogP) is 4.56. The van der Waals surface area contributed by atoms with Gasteiger partial charge in [-0.3, -0.25) is 14.4 Å². The first-order valence-corrected chi connectivity index (χ1v) is 8.82. The Morgan fingerprint density at radius 1 is 0.852 bits per heavy atom. The molecule has 0 saturated carbocycles. The molecule has 1 aromatic carbocycles. The number of anilines is 1. The molecule has 0 aliphatic heterocycles. The van der Waals surface area contributed by atoms with Crippen LogP contribution in [-0.4, -0.2) is 19.4 Å². The fourth-order valence-electron chi connectivity index (χ4n) is 3.24. The van der Waals surface area contributed by atoms with Crippen molar-refractivity contribution in [1.29, 1.82) is 0 Å². The van der Waals surface area contributed by atoms with E-state index in [4.69, 9.17) is 0 Å². The molecule has 5 aromatic rings. The maximum atomic E-state index is 4.52. The molecule has 0 amide bonds. The zero-order valence-electron chi connectivity index (χ0n) is 14.6. The lowest BCUT2D eigenvalue weighted by atomic mass is 10.1. The summed E-state index contributed by atoms with van der Waals surface area (Å²) in [5.74, 6) is 0. The third-order valence-electron chi connectivity index (χ3n) is 4.59. The molecule has 0 fully saturated rings. The summed E-state index contributed by atoms with van der Waals surface area (Å²) < 4.78 is 2.06. The molecule has 0 aliphatic rings. The van der Waals surface area contributed by atoms with E-state index in [0.717, 1.165) is 39.1 Å². The zero-order valence-corrected chi connectivity index (χ0v) is 14.6. The van der Waals surface area contributed by atoms with Gasteiger partial charge in [-0.05, 0) is 35.9 Å². The minimum atomic E-state index is 0.691. The predicted molar refractivity (Wildman–Crippen MR) is 107 cm³/mol. The van der Waals surface area contributed by atoms with E-state index >= 15 is 0 Å². The number of hydrogen-bond donors (Lipinski definition) is 1. The summed E-state index contributed by atoms with van der Waals surface area (Å²) in [6.07, 6.45) is 9.50. The topological polar surface area (TPSA) is 55.1 Å². The zero-order chi connectivity index (χ0) is 18.1. The van der Waals surface area contributed by atoms with Gasteiger partial charge in [-0.1, -0.05) is 24.3 Å². The molecule has 5 rings (SSSR count). The highest BCUT2D eigenvalue weighted by Crippen LogP contribution is 2.23. The highest BCUT2D eigenvalue weighted by atomic mass is 15.0. The minimum Gasteiger partial charge on any atom is -0.380 e. The summed E-state index contributed by atoms with van der Waals surface area (Å²) >= 11 is 0. The lowest BCUT2D eigenvalue weighted by Crippen LogP contribution is -2.01. The van der Waals surface area contributed by atoms with Crippen molar-refractivity contribution in [3.8, 4) is 11.3 Å². The highest BCUT2D eigenvalue weighted by molar-refractivity contribution is 5.78. The number of pyridine rings is 3. The molecule has 0 aliphatic carbocycles. The number of rotatable bonds is 4. The average Bonchev–Trinajstić information content (AvgIpc) is 3.16. The molecule has 4 heterocycles. The lowest BCUT2D eigenvalue weighted by Gasteiger charge is -2.09. The quantitative estimate of drug-likeness (QED) is 0.516. The van der Waals surface area contributed by atoms with Gasteiger partial charge in [-0.25, -0.2) is 4.98 Å². The maximum Gasteiger partial charge on any atom is 0.137 e. The summed E-state index contributed by atoms with van der Waals surface area (Å²) in [5, 5.41) is 4.59. The fourth-order valence-corrected chi connectivity index (χ4v) is 3.24. The van der Waals surface area contributed by atoms with Gasteiger partial charge in [0.15, 0.2) is 0 Å². The standard InChI is InChI=1S/C22H17N5/c1-2-6-20-17(5-1)9-16(12-25-20)11-24-19-10-18(13-23-14-19)21-15-26-22-7-3-4-8-27(21)22/h1-10,12-15,24H,11H2. The number of nitrogens with one attached hydrogen (secondary N) is 1. The molecule has 0 atom stereocenters. The lowest BCUT2D eigenvalue weighted by molar-refractivity contribution is 1.12. The normalized spacial score (nSPS) is 11.1. The third-order valence-corrected chi connectivity index (χ3v) is 4.59. The Labute approximate surface area is 156 Å². The first-order valence-electron chi connectivity index (χ1n) is 8.82. The molecule has 4 aromatic heterocycles. The Bertz CT molecular complexity index is 1240. The molecule has 1 N–H and O–H groups in total. The second-order valence-electron chi connectivity index (χ2n) is 6.42. The molecule has 5 heteroatoms. The van der Waals surface area contributed by atoms with E-state index < -0.39 is 0 Å². The second kappa shape index (κ2) is 6.53. The Hall–Kier alpha value is -3.73. The first kappa shape index (κ1) is 15.5. The minimum absolute atomic E-state index is 0.691. The van der Waals surface area contributed by atoms with Gasteiger partial charge in [0.25, 0.3) is 0 Å². The SMILES string of the molecule is c1ccc2ncc(CNc3cncc(-c4cnc5ccccn45)c3)cc2c1. The van der Waals surface area contributed by atoms with Crippen molar-refractivity contribution >= 4 is 22.2 Å². The van der Waals surface area contributed by atoms with Gasteiger partial charge < -0.3 is 5.32 Å². The van der Waals surface area contributed by atoms with Gasteiger partial charge in [-0.2, -0.15) is 0 Å². The number of imidazole rings is 1. The number of benzene rings is 1. The third kappa shape index (κ3) is 3.00. The molecule has 0 radical (unpaired) electrons. The van der Waals surface area contributed by atoms with Crippen molar-refractivity contribution in [1.82, 2.24) is 19.4 Å². The van der Waals surface area contributed by atoms with Crippen molar-refractivity contribution in [2.75, 3.05) is 5.32 Å². The molecular weight excluding hydrogens is 334 g/mol. The number of fused-ring (bicyclic) bond motifs is 2. The first-order chi connectivity index (χ1) is 13.4. The van der Waals surface area contributed by atoms with Crippen molar-refractivity contribution in [2.45, 2.75) is 6.54 Å². The number of para-hydroxylation sites is 1. The Morgan fingerprint density at radius 3 is 2.78 bits per heavy atom. The number of aromatic nitrogens is 4.